The molecule has 7 nitrogen and oxygen atoms in total. The number of nitrogens with one attached hydrogen (secondary N) is 1. The molecular weight excluding hydrogens is 308 g/mol. The molecule has 1 N–H and O–H groups in total. The third-order valence-electron chi connectivity index (χ3n) is 3.40. The van der Waals surface area contributed by atoms with Crippen LogP contribution in [0.4, 0.5) is 5.69 Å². The van der Waals surface area contributed by atoms with E-state index < -0.39 is 0 Å². The third-order valence-corrected chi connectivity index (χ3v) is 3.70. The molecule has 2 amide bonds. The van der Waals surface area contributed by atoms with Crippen LogP contribution < -0.4 is 5.32 Å². The highest BCUT2D eigenvalue weighted by Crippen LogP contribution is 2.23. The molecule has 8 heteroatoms. The molecule has 1 fully saturated rings. The Morgan fingerprint density at radius 1 is 1.45 bits per heavy atom. The molecule has 2 aromatic heterocycles. The van der Waals surface area contributed by atoms with Crippen LogP contribution in [0.2, 0.25) is 5.15 Å². The largest absolute Gasteiger partial charge is 0.361 e. The number of carbonyl (C=O) groups is 2. The predicted octanol–water partition coefficient (Wildman–Crippen LogP) is 1.74. The van der Waals surface area contributed by atoms with E-state index in [9.17, 15) is 9.59 Å². The summed E-state index contributed by atoms with van der Waals surface area (Å²) in [6.45, 7) is 2.40. The smallest absolute Gasteiger partial charge is 0.276 e. The molecule has 1 aliphatic rings. The molecule has 0 radical (unpaired) electrons. The van der Waals surface area contributed by atoms with Gasteiger partial charge in [0.1, 0.15) is 5.76 Å². The molecule has 114 valence electrons. The zero-order valence-corrected chi connectivity index (χ0v) is 12.5. The summed E-state index contributed by atoms with van der Waals surface area (Å²) in [4.78, 5) is 29.6. The molecule has 22 heavy (non-hydrogen) atoms. The van der Waals surface area contributed by atoms with Gasteiger partial charge in [0.2, 0.25) is 5.91 Å². The molecule has 3 rings (SSSR count). The zero-order valence-electron chi connectivity index (χ0n) is 11.7. The van der Waals surface area contributed by atoms with Gasteiger partial charge in [0, 0.05) is 25.4 Å². The van der Waals surface area contributed by atoms with E-state index in [1.54, 1.807) is 36.2 Å². The van der Waals surface area contributed by atoms with Crippen molar-refractivity contribution in [3.05, 3.63) is 41.0 Å². The second-order valence-electron chi connectivity index (χ2n) is 5.06. The number of aryl methyl sites for hydroxylation is 1. The van der Waals surface area contributed by atoms with Crippen molar-refractivity contribution in [2.24, 2.45) is 5.92 Å². The fourth-order valence-corrected chi connectivity index (χ4v) is 2.32. The van der Waals surface area contributed by atoms with E-state index in [2.05, 4.69) is 15.5 Å². The zero-order chi connectivity index (χ0) is 15.7. The van der Waals surface area contributed by atoms with E-state index in [1.807, 2.05) is 0 Å². The first-order chi connectivity index (χ1) is 10.5. The van der Waals surface area contributed by atoms with Gasteiger partial charge in [0.25, 0.3) is 5.91 Å². The molecular formula is C14H13ClN4O3. The van der Waals surface area contributed by atoms with Gasteiger partial charge in [-0.25, -0.2) is 4.98 Å². The number of carbonyl (C=O) groups excluding carboxylic acids is 2. The second-order valence-corrected chi connectivity index (χ2v) is 5.42. The average molecular weight is 321 g/mol. The number of rotatable bonds is 3. The Balaban J connectivity index is 1.56. The third kappa shape index (κ3) is 2.80. The molecule has 0 bridgehead atoms. The Bertz CT molecular complexity index is 724. The van der Waals surface area contributed by atoms with Crippen LogP contribution in [0.15, 0.2) is 28.9 Å². The van der Waals surface area contributed by atoms with E-state index in [0.717, 1.165) is 0 Å². The summed E-state index contributed by atoms with van der Waals surface area (Å²) in [5.41, 5.74) is 0.720. The Hall–Kier alpha value is -2.41. The maximum absolute atomic E-state index is 12.1. The molecule has 2 aromatic rings. The lowest BCUT2D eigenvalue weighted by Crippen LogP contribution is -2.54. The SMILES string of the molecule is Cc1cc(C(=O)N2CC(C(=O)Nc3cccnc3Cl)C2)no1. The van der Waals surface area contributed by atoms with Crippen molar-refractivity contribution in [2.45, 2.75) is 6.92 Å². The summed E-state index contributed by atoms with van der Waals surface area (Å²) in [5, 5.41) is 6.62. The number of hydrogen-bond acceptors (Lipinski definition) is 5. The highest BCUT2D eigenvalue weighted by Gasteiger charge is 2.37. The Morgan fingerprint density at radius 3 is 2.86 bits per heavy atom. The summed E-state index contributed by atoms with van der Waals surface area (Å²) in [6, 6.07) is 4.93. The maximum atomic E-state index is 12.1. The fourth-order valence-electron chi connectivity index (χ4n) is 2.15. The highest BCUT2D eigenvalue weighted by atomic mass is 35.5. The van der Waals surface area contributed by atoms with Gasteiger partial charge in [-0.15, -0.1) is 0 Å². The number of nitrogens with zero attached hydrogens (tertiary/aromatic N) is 3. The van der Waals surface area contributed by atoms with Crippen molar-refractivity contribution in [1.29, 1.82) is 0 Å². The number of likely N-dealkylation sites (tertiary alicyclic amines) is 1. The maximum Gasteiger partial charge on any atom is 0.276 e. The van der Waals surface area contributed by atoms with Crippen LogP contribution in [0.1, 0.15) is 16.2 Å². The first-order valence-electron chi connectivity index (χ1n) is 6.68. The van der Waals surface area contributed by atoms with Gasteiger partial charge in [-0.1, -0.05) is 16.8 Å². The fraction of sp³-hybridized carbons (Fsp3) is 0.286. The minimum absolute atomic E-state index is 0.185. The van der Waals surface area contributed by atoms with E-state index in [-0.39, 0.29) is 28.6 Å². The van der Waals surface area contributed by atoms with Crippen molar-refractivity contribution in [1.82, 2.24) is 15.0 Å². The van der Waals surface area contributed by atoms with Gasteiger partial charge in [-0.3, -0.25) is 9.59 Å². The molecule has 0 atom stereocenters. The molecule has 0 spiro atoms. The molecule has 1 aliphatic heterocycles. The molecule has 0 aliphatic carbocycles. The minimum Gasteiger partial charge on any atom is -0.361 e. The minimum atomic E-state index is -0.270. The van der Waals surface area contributed by atoms with E-state index in [0.29, 0.717) is 24.5 Å². The number of pyridine rings is 1. The lowest BCUT2D eigenvalue weighted by Gasteiger charge is -2.37. The van der Waals surface area contributed by atoms with Crippen molar-refractivity contribution < 1.29 is 14.1 Å². The molecule has 0 unspecified atom stereocenters. The van der Waals surface area contributed by atoms with Gasteiger partial charge in [-0.05, 0) is 19.1 Å². The normalized spacial score (nSPS) is 14.5. The molecule has 0 aromatic carbocycles. The summed E-state index contributed by atoms with van der Waals surface area (Å²) < 4.78 is 4.87. The van der Waals surface area contributed by atoms with Gasteiger partial charge in [0.15, 0.2) is 10.8 Å². The van der Waals surface area contributed by atoms with E-state index in [1.165, 1.54) is 0 Å². The van der Waals surface area contributed by atoms with Crippen LogP contribution in [0.25, 0.3) is 0 Å². The number of anilines is 1. The van der Waals surface area contributed by atoms with Crippen LogP contribution in [0.5, 0.6) is 0 Å². The average Bonchev–Trinajstić information content (AvgIpc) is 2.86. The number of hydrogen-bond donors (Lipinski definition) is 1. The van der Waals surface area contributed by atoms with Crippen LogP contribution in [-0.4, -0.2) is 39.9 Å². The van der Waals surface area contributed by atoms with Crippen molar-refractivity contribution in [3.63, 3.8) is 0 Å². The topological polar surface area (TPSA) is 88.3 Å². The van der Waals surface area contributed by atoms with Gasteiger partial charge in [0.05, 0.1) is 11.6 Å². The van der Waals surface area contributed by atoms with Crippen molar-refractivity contribution >= 4 is 29.1 Å². The van der Waals surface area contributed by atoms with E-state index >= 15 is 0 Å². The first-order valence-corrected chi connectivity index (χ1v) is 7.06. The summed E-state index contributed by atoms with van der Waals surface area (Å²) in [6.07, 6.45) is 1.54. The second kappa shape index (κ2) is 5.76. The first kappa shape index (κ1) is 14.5. The van der Waals surface area contributed by atoms with Crippen LogP contribution in [0, 0.1) is 12.8 Å². The summed E-state index contributed by atoms with van der Waals surface area (Å²) >= 11 is 5.89. The Labute approximate surface area is 131 Å². The molecule has 1 saturated heterocycles. The number of aromatic nitrogens is 2. The lowest BCUT2D eigenvalue weighted by atomic mass is 9.98. The Kier molecular flexibility index (Phi) is 3.81. The van der Waals surface area contributed by atoms with Crippen LogP contribution in [0.3, 0.4) is 0 Å². The summed E-state index contributed by atoms with van der Waals surface area (Å²) in [7, 11) is 0. The monoisotopic (exact) mass is 320 g/mol. The summed E-state index contributed by atoms with van der Waals surface area (Å²) in [5.74, 6) is -0.117. The quantitative estimate of drug-likeness (QED) is 0.870. The van der Waals surface area contributed by atoms with Gasteiger partial charge < -0.3 is 14.7 Å². The number of amides is 2. The predicted molar refractivity (Wildman–Crippen MR) is 78.5 cm³/mol. The molecule has 0 saturated carbocycles. The van der Waals surface area contributed by atoms with Crippen LogP contribution in [-0.2, 0) is 4.79 Å². The van der Waals surface area contributed by atoms with Crippen LogP contribution >= 0.6 is 11.6 Å². The van der Waals surface area contributed by atoms with Crippen molar-refractivity contribution in [2.75, 3.05) is 18.4 Å². The van der Waals surface area contributed by atoms with Gasteiger partial charge in [-0.2, -0.15) is 0 Å². The highest BCUT2D eigenvalue weighted by molar-refractivity contribution is 6.32. The Morgan fingerprint density at radius 2 is 2.23 bits per heavy atom. The van der Waals surface area contributed by atoms with Crippen molar-refractivity contribution in [3.8, 4) is 0 Å². The van der Waals surface area contributed by atoms with E-state index in [4.69, 9.17) is 16.1 Å². The van der Waals surface area contributed by atoms with Gasteiger partial charge >= 0.3 is 0 Å². The number of halogens is 1. The lowest BCUT2D eigenvalue weighted by molar-refractivity contribution is -0.123. The standard InChI is InChI=1S/C14H13ClN4O3/c1-8-5-11(18-22-8)14(21)19-6-9(7-19)13(20)17-10-3-2-4-16-12(10)15/h2-5,9H,6-7H2,1H3,(H,17,20). The molecule has 3 heterocycles.